The predicted octanol–water partition coefficient (Wildman–Crippen LogP) is 2.31. The Kier molecular flexibility index (Phi) is 4.88. The summed E-state index contributed by atoms with van der Waals surface area (Å²) in [5.41, 5.74) is 0.960. The predicted molar refractivity (Wildman–Crippen MR) is 73.4 cm³/mol. The number of ether oxygens (including phenoxy) is 2. The SMILES string of the molecule is COc1cccc(COCC(=O)Nc2nccs2)c1. The van der Waals surface area contributed by atoms with Crippen molar-refractivity contribution in [3.63, 3.8) is 0 Å². The fraction of sp³-hybridized carbons (Fsp3) is 0.231. The Labute approximate surface area is 115 Å². The highest BCUT2D eigenvalue weighted by Crippen LogP contribution is 2.13. The summed E-state index contributed by atoms with van der Waals surface area (Å²) < 4.78 is 10.4. The number of carbonyl (C=O) groups is 1. The Morgan fingerprint density at radius 3 is 3.11 bits per heavy atom. The number of aromatic nitrogens is 1. The minimum atomic E-state index is -0.210. The standard InChI is InChI=1S/C13H14N2O3S/c1-17-11-4-2-3-10(7-11)8-18-9-12(16)15-13-14-5-6-19-13/h2-7H,8-9H2,1H3,(H,14,15,16). The highest BCUT2D eigenvalue weighted by molar-refractivity contribution is 7.13. The van der Waals surface area contributed by atoms with Crippen molar-refractivity contribution in [2.45, 2.75) is 6.61 Å². The molecule has 1 heterocycles. The van der Waals surface area contributed by atoms with Crippen LogP contribution >= 0.6 is 11.3 Å². The molecule has 1 N–H and O–H groups in total. The van der Waals surface area contributed by atoms with Crippen molar-refractivity contribution in [1.29, 1.82) is 0 Å². The van der Waals surface area contributed by atoms with E-state index in [-0.39, 0.29) is 12.5 Å². The minimum Gasteiger partial charge on any atom is -0.497 e. The van der Waals surface area contributed by atoms with Gasteiger partial charge < -0.3 is 9.47 Å². The quantitative estimate of drug-likeness (QED) is 0.881. The summed E-state index contributed by atoms with van der Waals surface area (Å²) in [5, 5.41) is 5.03. The van der Waals surface area contributed by atoms with Crippen LogP contribution in [-0.2, 0) is 16.1 Å². The number of nitrogens with zero attached hydrogens (tertiary/aromatic N) is 1. The first-order chi connectivity index (χ1) is 9.28. The summed E-state index contributed by atoms with van der Waals surface area (Å²) in [4.78, 5) is 15.5. The van der Waals surface area contributed by atoms with E-state index in [0.717, 1.165) is 11.3 Å². The largest absolute Gasteiger partial charge is 0.497 e. The van der Waals surface area contributed by atoms with E-state index in [1.807, 2.05) is 24.3 Å². The number of amides is 1. The maximum absolute atomic E-state index is 11.5. The van der Waals surface area contributed by atoms with E-state index in [9.17, 15) is 4.79 Å². The summed E-state index contributed by atoms with van der Waals surface area (Å²) in [6.07, 6.45) is 1.64. The average molecular weight is 278 g/mol. The van der Waals surface area contributed by atoms with Gasteiger partial charge in [-0.2, -0.15) is 0 Å². The molecule has 0 unspecified atom stereocenters. The number of nitrogens with one attached hydrogen (secondary N) is 1. The number of rotatable bonds is 6. The number of methoxy groups -OCH3 is 1. The summed E-state index contributed by atoms with van der Waals surface area (Å²) in [5.74, 6) is 0.561. The van der Waals surface area contributed by atoms with Gasteiger partial charge in [-0.3, -0.25) is 10.1 Å². The van der Waals surface area contributed by atoms with Crippen LogP contribution in [0.1, 0.15) is 5.56 Å². The zero-order chi connectivity index (χ0) is 13.5. The molecule has 0 spiro atoms. The zero-order valence-electron chi connectivity index (χ0n) is 10.5. The van der Waals surface area contributed by atoms with Gasteiger partial charge in [0.05, 0.1) is 13.7 Å². The molecule has 0 aliphatic heterocycles. The molecule has 0 saturated heterocycles. The fourth-order valence-electron chi connectivity index (χ4n) is 1.46. The fourth-order valence-corrected chi connectivity index (χ4v) is 2.01. The lowest BCUT2D eigenvalue weighted by atomic mass is 10.2. The summed E-state index contributed by atoms with van der Waals surface area (Å²) in [7, 11) is 1.61. The van der Waals surface area contributed by atoms with Crippen LogP contribution in [0.5, 0.6) is 5.75 Å². The topological polar surface area (TPSA) is 60.5 Å². The van der Waals surface area contributed by atoms with Gasteiger partial charge >= 0.3 is 0 Å². The molecule has 0 aliphatic rings. The lowest BCUT2D eigenvalue weighted by molar-refractivity contribution is -0.121. The van der Waals surface area contributed by atoms with Crippen LogP contribution in [0, 0.1) is 0 Å². The molecule has 1 aromatic carbocycles. The van der Waals surface area contributed by atoms with Crippen molar-refractivity contribution in [3.8, 4) is 5.75 Å². The monoisotopic (exact) mass is 278 g/mol. The van der Waals surface area contributed by atoms with Gasteiger partial charge in [-0.15, -0.1) is 11.3 Å². The smallest absolute Gasteiger partial charge is 0.252 e. The third kappa shape index (κ3) is 4.35. The highest BCUT2D eigenvalue weighted by atomic mass is 32.1. The third-order valence-corrected chi connectivity index (χ3v) is 3.00. The van der Waals surface area contributed by atoms with E-state index >= 15 is 0 Å². The number of thiazole rings is 1. The van der Waals surface area contributed by atoms with Crippen molar-refractivity contribution in [2.24, 2.45) is 0 Å². The van der Waals surface area contributed by atoms with Gasteiger partial charge in [0.1, 0.15) is 12.4 Å². The van der Waals surface area contributed by atoms with Crippen molar-refractivity contribution >= 4 is 22.4 Å². The second-order valence-electron chi connectivity index (χ2n) is 3.73. The third-order valence-electron chi connectivity index (χ3n) is 2.31. The number of hydrogen-bond acceptors (Lipinski definition) is 5. The van der Waals surface area contributed by atoms with Crippen LogP contribution in [0.25, 0.3) is 0 Å². The second-order valence-corrected chi connectivity index (χ2v) is 4.62. The van der Waals surface area contributed by atoms with Crippen LogP contribution in [0.2, 0.25) is 0 Å². The molecule has 1 aromatic heterocycles. The van der Waals surface area contributed by atoms with Gasteiger partial charge in [-0.25, -0.2) is 4.98 Å². The Morgan fingerprint density at radius 2 is 2.37 bits per heavy atom. The summed E-state index contributed by atoms with van der Waals surface area (Å²) in [6, 6.07) is 7.53. The van der Waals surface area contributed by atoms with E-state index < -0.39 is 0 Å². The van der Waals surface area contributed by atoms with Crippen molar-refractivity contribution in [1.82, 2.24) is 4.98 Å². The molecule has 2 rings (SSSR count). The number of carbonyl (C=O) groups excluding carboxylic acids is 1. The lowest BCUT2D eigenvalue weighted by Gasteiger charge is -2.06. The first kappa shape index (κ1) is 13.5. The molecule has 2 aromatic rings. The molecule has 1 amide bonds. The Balaban J connectivity index is 1.75. The first-order valence-electron chi connectivity index (χ1n) is 5.68. The molecule has 0 bridgehead atoms. The van der Waals surface area contributed by atoms with Crippen LogP contribution in [-0.4, -0.2) is 24.6 Å². The van der Waals surface area contributed by atoms with Gasteiger partial charge in [-0.1, -0.05) is 12.1 Å². The molecule has 0 saturated carbocycles. The van der Waals surface area contributed by atoms with Crippen molar-refractivity contribution < 1.29 is 14.3 Å². The van der Waals surface area contributed by atoms with Crippen molar-refractivity contribution in [3.05, 3.63) is 41.4 Å². The van der Waals surface area contributed by atoms with Crippen LogP contribution < -0.4 is 10.1 Å². The van der Waals surface area contributed by atoms with Gasteiger partial charge in [0.25, 0.3) is 5.91 Å². The van der Waals surface area contributed by atoms with Gasteiger partial charge in [-0.05, 0) is 17.7 Å². The maximum atomic E-state index is 11.5. The molecule has 5 nitrogen and oxygen atoms in total. The number of anilines is 1. The molecule has 0 aliphatic carbocycles. The second kappa shape index (κ2) is 6.86. The molecule has 100 valence electrons. The molecule has 0 atom stereocenters. The molecule has 0 fully saturated rings. The maximum Gasteiger partial charge on any atom is 0.252 e. The number of benzene rings is 1. The first-order valence-corrected chi connectivity index (χ1v) is 6.56. The van der Waals surface area contributed by atoms with Gasteiger partial charge in [0.2, 0.25) is 0 Å². The molecular weight excluding hydrogens is 264 g/mol. The lowest BCUT2D eigenvalue weighted by Crippen LogP contribution is -2.18. The van der Waals surface area contributed by atoms with E-state index in [1.165, 1.54) is 11.3 Å². The van der Waals surface area contributed by atoms with Crippen molar-refractivity contribution in [2.75, 3.05) is 19.0 Å². The van der Waals surface area contributed by atoms with Gasteiger partial charge in [0.15, 0.2) is 5.13 Å². The minimum absolute atomic E-state index is 0.00318. The zero-order valence-corrected chi connectivity index (χ0v) is 11.3. The van der Waals surface area contributed by atoms with E-state index in [0.29, 0.717) is 11.7 Å². The summed E-state index contributed by atoms with van der Waals surface area (Å²) >= 11 is 1.37. The number of hydrogen-bond donors (Lipinski definition) is 1. The van der Waals surface area contributed by atoms with E-state index in [2.05, 4.69) is 10.3 Å². The molecular formula is C13H14N2O3S. The molecule has 0 radical (unpaired) electrons. The normalized spacial score (nSPS) is 10.2. The van der Waals surface area contributed by atoms with Crippen LogP contribution in [0.3, 0.4) is 0 Å². The van der Waals surface area contributed by atoms with Gasteiger partial charge in [0, 0.05) is 11.6 Å². The molecule has 19 heavy (non-hydrogen) atoms. The Morgan fingerprint density at radius 1 is 1.47 bits per heavy atom. The van der Waals surface area contributed by atoms with E-state index in [4.69, 9.17) is 9.47 Å². The Bertz CT molecular complexity index is 528. The summed E-state index contributed by atoms with van der Waals surface area (Å²) in [6.45, 7) is 0.360. The molecule has 6 heteroatoms. The van der Waals surface area contributed by atoms with E-state index in [1.54, 1.807) is 18.7 Å². The highest BCUT2D eigenvalue weighted by Gasteiger charge is 2.04. The Hall–Kier alpha value is -1.92. The van der Waals surface area contributed by atoms with Crippen LogP contribution in [0.15, 0.2) is 35.8 Å². The average Bonchev–Trinajstić information content (AvgIpc) is 2.92. The van der Waals surface area contributed by atoms with Crippen LogP contribution in [0.4, 0.5) is 5.13 Å².